The lowest BCUT2D eigenvalue weighted by Gasteiger charge is -2.30. The van der Waals surface area contributed by atoms with E-state index in [1.54, 1.807) is 0 Å². The molecule has 1 aromatic heterocycles. The van der Waals surface area contributed by atoms with Crippen molar-refractivity contribution < 1.29 is 0 Å². The highest BCUT2D eigenvalue weighted by Gasteiger charge is 2.28. The molecular formula is C12H17ClN2S2. The van der Waals surface area contributed by atoms with Crippen molar-refractivity contribution in [3.05, 3.63) is 22.7 Å². The highest BCUT2D eigenvalue weighted by Crippen LogP contribution is 2.43. The van der Waals surface area contributed by atoms with Gasteiger partial charge in [-0.3, -0.25) is 0 Å². The first-order valence-corrected chi connectivity index (χ1v) is 8.27. The number of hydrogen-bond acceptors (Lipinski definition) is 4. The molecule has 0 amide bonds. The van der Waals surface area contributed by atoms with Gasteiger partial charge in [0.05, 0.1) is 5.25 Å². The largest absolute Gasteiger partial charge is 0.237 e. The molecular weight excluding hydrogens is 272 g/mol. The van der Waals surface area contributed by atoms with Gasteiger partial charge in [0, 0.05) is 21.9 Å². The van der Waals surface area contributed by atoms with Crippen molar-refractivity contribution in [2.75, 3.05) is 5.75 Å². The zero-order valence-corrected chi connectivity index (χ0v) is 12.7. The summed E-state index contributed by atoms with van der Waals surface area (Å²) in [5, 5.41) is 2.31. The molecule has 1 fully saturated rings. The molecule has 1 aliphatic rings. The first kappa shape index (κ1) is 13.5. The Bertz CT molecular complexity index is 400. The van der Waals surface area contributed by atoms with Crippen LogP contribution in [-0.4, -0.2) is 26.2 Å². The van der Waals surface area contributed by atoms with Crippen LogP contribution in [0.1, 0.15) is 37.5 Å². The third kappa shape index (κ3) is 3.30. The number of aryl methyl sites for hydroxylation is 1. The number of halogens is 1. The fraction of sp³-hybridized carbons (Fsp3) is 0.667. The molecule has 0 aromatic carbocycles. The van der Waals surface area contributed by atoms with Crippen molar-refractivity contribution in [1.82, 2.24) is 9.97 Å². The number of nitrogens with zero attached hydrogens (tertiary/aromatic N) is 2. The van der Waals surface area contributed by atoms with Gasteiger partial charge in [-0.2, -0.15) is 11.8 Å². The molecule has 2 rings (SSSR count). The van der Waals surface area contributed by atoms with Crippen LogP contribution in [0.25, 0.3) is 0 Å². The van der Waals surface area contributed by atoms with Crippen molar-refractivity contribution in [2.24, 2.45) is 0 Å². The number of aromatic nitrogens is 2. The van der Waals surface area contributed by atoms with Crippen molar-refractivity contribution in [1.29, 1.82) is 0 Å². The van der Waals surface area contributed by atoms with E-state index in [2.05, 4.69) is 30.7 Å². The molecule has 2 nitrogen and oxygen atoms in total. The number of thioether (sulfide) groups is 2. The Balaban J connectivity index is 2.19. The summed E-state index contributed by atoms with van der Waals surface area (Å²) < 4.78 is 0. The second-order valence-electron chi connectivity index (χ2n) is 4.26. The molecule has 3 atom stereocenters. The molecule has 5 heteroatoms. The summed E-state index contributed by atoms with van der Waals surface area (Å²) in [4.78, 5) is 8.99. The predicted octanol–water partition coefficient (Wildman–Crippen LogP) is 3.99. The fourth-order valence-electron chi connectivity index (χ4n) is 1.73. The second-order valence-corrected chi connectivity index (χ2v) is 7.64. The maximum atomic E-state index is 6.05. The molecule has 0 aliphatic carbocycles. The molecule has 0 radical (unpaired) electrons. The monoisotopic (exact) mass is 288 g/mol. The number of rotatable bonds is 2. The molecule has 0 N–H and O–H groups in total. The molecule has 1 aliphatic heterocycles. The average molecular weight is 289 g/mol. The molecule has 3 unspecified atom stereocenters. The third-order valence-corrected chi connectivity index (χ3v) is 6.55. The number of hydrogen-bond donors (Lipinski definition) is 0. The summed E-state index contributed by atoms with van der Waals surface area (Å²) in [5.74, 6) is 1.99. The summed E-state index contributed by atoms with van der Waals surface area (Å²) in [6, 6.07) is 1.86. The van der Waals surface area contributed by atoms with Gasteiger partial charge < -0.3 is 0 Å². The lowest BCUT2D eigenvalue weighted by atomic mass is 10.3. The maximum Gasteiger partial charge on any atom is 0.144 e. The summed E-state index contributed by atoms with van der Waals surface area (Å²) in [5.41, 5.74) is 1.04. The molecule has 1 saturated heterocycles. The maximum absolute atomic E-state index is 6.05. The van der Waals surface area contributed by atoms with Crippen molar-refractivity contribution in [3.8, 4) is 0 Å². The SMILES string of the molecule is CCc1cc(Cl)nc(C2CSC(C)C(C)S2)n1. The van der Waals surface area contributed by atoms with E-state index in [1.165, 1.54) is 0 Å². The zero-order valence-electron chi connectivity index (χ0n) is 10.3. The summed E-state index contributed by atoms with van der Waals surface area (Å²) in [6.45, 7) is 6.66. The first-order chi connectivity index (χ1) is 8.10. The zero-order chi connectivity index (χ0) is 12.4. The Morgan fingerprint density at radius 3 is 2.76 bits per heavy atom. The van der Waals surface area contributed by atoms with Gasteiger partial charge >= 0.3 is 0 Å². The van der Waals surface area contributed by atoms with E-state index in [4.69, 9.17) is 11.6 Å². The van der Waals surface area contributed by atoms with Gasteiger partial charge in [0.2, 0.25) is 0 Å². The van der Waals surface area contributed by atoms with Crippen LogP contribution < -0.4 is 0 Å². The molecule has 0 saturated carbocycles. The lowest BCUT2D eigenvalue weighted by Crippen LogP contribution is -2.23. The first-order valence-electron chi connectivity index (χ1n) is 5.90. The quantitative estimate of drug-likeness (QED) is 0.769. The average Bonchev–Trinajstić information content (AvgIpc) is 2.32. The second kappa shape index (κ2) is 5.81. The van der Waals surface area contributed by atoms with E-state index >= 15 is 0 Å². The molecule has 0 spiro atoms. The van der Waals surface area contributed by atoms with Crippen molar-refractivity contribution in [2.45, 2.75) is 42.9 Å². The van der Waals surface area contributed by atoms with Gasteiger partial charge in [-0.1, -0.05) is 32.4 Å². The van der Waals surface area contributed by atoms with Crippen LogP contribution in [0.5, 0.6) is 0 Å². The van der Waals surface area contributed by atoms with E-state index in [-0.39, 0.29) is 0 Å². The highest BCUT2D eigenvalue weighted by molar-refractivity contribution is 8.07. The summed E-state index contributed by atoms with van der Waals surface area (Å²) >= 11 is 10.0. The Labute approximate surface area is 116 Å². The van der Waals surface area contributed by atoms with E-state index in [0.717, 1.165) is 23.7 Å². The standard InChI is InChI=1S/C12H17ClN2S2/c1-4-9-5-11(13)15-12(14-9)10-6-16-7(2)8(3)17-10/h5,7-8,10H,4,6H2,1-3H3. The Kier molecular flexibility index (Phi) is 4.61. The topological polar surface area (TPSA) is 25.8 Å². The smallest absolute Gasteiger partial charge is 0.144 e. The van der Waals surface area contributed by atoms with Gasteiger partial charge in [-0.15, -0.1) is 11.8 Å². The Hall–Kier alpha value is 0.0700. The van der Waals surface area contributed by atoms with Gasteiger partial charge in [0.1, 0.15) is 11.0 Å². The molecule has 94 valence electrons. The van der Waals surface area contributed by atoms with Crippen LogP contribution in [-0.2, 0) is 6.42 Å². The Morgan fingerprint density at radius 2 is 2.12 bits per heavy atom. The van der Waals surface area contributed by atoms with Crippen molar-refractivity contribution in [3.63, 3.8) is 0 Å². The minimum Gasteiger partial charge on any atom is -0.237 e. The minimum atomic E-state index is 0.384. The highest BCUT2D eigenvalue weighted by atomic mass is 35.5. The van der Waals surface area contributed by atoms with Crippen LogP contribution >= 0.6 is 35.1 Å². The molecule has 0 bridgehead atoms. The molecule has 1 aromatic rings. The summed E-state index contributed by atoms with van der Waals surface area (Å²) in [7, 11) is 0. The van der Waals surface area contributed by atoms with Crippen LogP contribution in [0.2, 0.25) is 5.15 Å². The van der Waals surface area contributed by atoms with E-state index < -0.39 is 0 Å². The van der Waals surface area contributed by atoms with Gasteiger partial charge in [0.25, 0.3) is 0 Å². The third-order valence-electron chi connectivity index (χ3n) is 2.97. The predicted molar refractivity (Wildman–Crippen MR) is 78.1 cm³/mol. The van der Waals surface area contributed by atoms with Gasteiger partial charge in [-0.05, 0) is 12.5 Å². The van der Waals surface area contributed by atoms with Crippen LogP contribution in [0.15, 0.2) is 6.07 Å². The summed E-state index contributed by atoms with van der Waals surface area (Å²) in [6.07, 6.45) is 0.908. The lowest BCUT2D eigenvalue weighted by molar-refractivity contribution is 0.841. The molecule has 2 heterocycles. The fourth-order valence-corrected chi connectivity index (χ4v) is 4.78. The van der Waals surface area contributed by atoms with Crippen molar-refractivity contribution >= 4 is 35.1 Å². The van der Waals surface area contributed by atoms with Gasteiger partial charge in [0.15, 0.2) is 0 Å². The molecule has 17 heavy (non-hydrogen) atoms. The normalized spacial score (nSPS) is 29.3. The van der Waals surface area contributed by atoms with Crippen LogP contribution in [0.4, 0.5) is 0 Å². The van der Waals surface area contributed by atoms with E-state index in [1.807, 2.05) is 29.6 Å². The minimum absolute atomic E-state index is 0.384. The van der Waals surface area contributed by atoms with E-state index in [0.29, 0.717) is 20.9 Å². The van der Waals surface area contributed by atoms with E-state index in [9.17, 15) is 0 Å². The Morgan fingerprint density at radius 1 is 1.35 bits per heavy atom. The van der Waals surface area contributed by atoms with Crippen LogP contribution in [0.3, 0.4) is 0 Å². The van der Waals surface area contributed by atoms with Crippen LogP contribution in [0, 0.1) is 0 Å². The van der Waals surface area contributed by atoms with Gasteiger partial charge in [-0.25, -0.2) is 9.97 Å².